The van der Waals surface area contributed by atoms with Gasteiger partial charge in [-0.15, -0.1) is 0 Å². The van der Waals surface area contributed by atoms with E-state index < -0.39 is 23.5 Å². The van der Waals surface area contributed by atoms with Crippen LogP contribution in [0.5, 0.6) is 11.5 Å². The number of nitrogens with zero attached hydrogens (tertiary/aromatic N) is 3. The molecule has 0 radical (unpaired) electrons. The van der Waals surface area contributed by atoms with Crippen molar-refractivity contribution in [3.63, 3.8) is 0 Å². The highest BCUT2D eigenvalue weighted by molar-refractivity contribution is 7.07. The average Bonchev–Trinajstić information content (AvgIpc) is 3.49. The minimum Gasteiger partial charge on any atom is -0.493 e. The van der Waals surface area contributed by atoms with Crippen LogP contribution < -0.4 is 29.3 Å². The van der Waals surface area contributed by atoms with Crippen molar-refractivity contribution < 1.29 is 28.6 Å². The Bertz CT molecular complexity index is 2130. The number of methoxy groups -OCH3 is 1. The largest absolute Gasteiger partial charge is 0.493 e. The molecule has 0 aliphatic carbocycles. The lowest BCUT2D eigenvalue weighted by Crippen LogP contribution is -2.41. The Morgan fingerprint density at radius 1 is 0.978 bits per heavy atom. The Morgan fingerprint density at radius 2 is 1.72 bits per heavy atom. The predicted octanol–water partition coefficient (Wildman–Crippen LogP) is 3.96. The van der Waals surface area contributed by atoms with E-state index in [2.05, 4.69) is 4.99 Å². The number of allylic oxidation sites excluding steroid dienone is 1. The Kier molecular flexibility index (Phi) is 8.18. The number of para-hydroxylation sites is 1. The number of anilines is 1. The molecule has 10 nitrogen and oxygen atoms in total. The van der Waals surface area contributed by atoms with Crippen LogP contribution in [-0.4, -0.2) is 36.1 Å². The lowest BCUT2D eigenvalue weighted by Gasteiger charge is -2.25. The third kappa shape index (κ3) is 5.32. The molecule has 46 heavy (non-hydrogen) atoms. The number of rotatable bonds is 7. The molecule has 0 unspecified atom stereocenters. The maximum Gasteiger partial charge on any atom is 0.338 e. The fraction of sp³-hybridized carbons (Fsp3) is 0.229. The fourth-order valence-corrected chi connectivity index (χ4v) is 6.92. The van der Waals surface area contributed by atoms with Gasteiger partial charge in [0.2, 0.25) is 0 Å². The van der Waals surface area contributed by atoms with Crippen LogP contribution in [0.1, 0.15) is 49.1 Å². The highest BCUT2D eigenvalue weighted by Gasteiger charge is 2.37. The molecular formula is C35H31N3O7S. The third-order valence-electron chi connectivity index (χ3n) is 7.86. The average molecular weight is 638 g/mol. The van der Waals surface area contributed by atoms with Crippen molar-refractivity contribution in [2.24, 2.45) is 4.99 Å². The van der Waals surface area contributed by atoms with Crippen molar-refractivity contribution in [3.8, 4) is 11.5 Å². The van der Waals surface area contributed by atoms with Gasteiger partial charge in [0.1, 0.15) is 4.53 Å². The molecule has 3 heterocycles. The zero-order chi connectivity index (χ0) is 32.7. The third-order valence-corrected chi connectivity index (χ3v) is 8.91. The molecular weight excluding hydrogens is 606 g/mol. The molecule has 3 aromatic carbocycles. The van der Waals surface area contributed by atoms with Gasteiger partial charge < -0.3 is 19.1 Å². The van der Waals surface area contributed by atoms with Crippen LogP contribution >= 0.6 is 11.3 Å². The van der Waals surface area contributed by atoms with Gasteiger partial charge in [-0.05, 0) is 50.1 Å². The van der Waals surface area contributed by atoms with Crippen molar-refractivity contribution in [1.29, 1.82) is 0 Å². The second-order valence-corrected chi connectivity index (χ2v) is 11.9. The number of amides is 1. The van der Waals surface area contributed by atoms with Crippen LogP contribution in [0.2, 0.25) is 0 Å². The smallest absolute Gasteiger partial charge is 0.338 e. The molecule has 1 atom stereocenters. The van der Waals surface area contributed by atoms with E-state index in [-0.39, 0.29) is 39.7 Å². The van der Waals surface area contributed by atoms with E-state index in [0.717, 1.165) is 22.5 Å². The van der Waals surface area contributed by atoms with Crippen LogP contribution in [0.25, 0.3) is 5.57 Å². The zero-order valence-corrected chi connectivity index (χ0v) is 26.8. The maximum atomic E-state index is 14.5. The summed E-state index contributed by atoms with van der Waals surface area (Å²) < 4.78 is 17.8. The molecule has 1 aromatic heterocycles. The Hall–Kier alpha value is -5.29. The lowest BCUT2D eigenvalue weighted by molar-refractivity contribution is -0.139. The monoisotopic (exact) mass is 637 g/mol. The van der Waals surface area contributed by atoms with E-state index in [4.69, 9.17) is 14.2 Å². The summed E-state index contributed by atoms with van der Waals surface area (Å²) in [6.45, 7) is 7.12. The van der Waals surface area contributed by atoms with Gasteiger partial charge in [-0.1, -0.05) is 65.4 Å². The predicted molar refractivity (Wildman–Crippen MR) is 172 cm³/mol. The number of aryl methyl sites for hydroxylation is 1. The van der Waals surface area contributed by atoms with Gasteiger partial charge in [0, 0.05) is 12.5 Å². The number of carbonyl (C=O) groups excluding carboxylic acids is 3. The molecule has 0 spiro atoms. The van der Waals surface area contributed by atoms with Crippen molar-refractivity contribution in [2.45, 2.75) is 40.3 Å². The first-order chi connectivity index (χ1) is 22.1. The summed E-state index contributed by atoms with van der Waals surface area (Å²) in [5.74, 6) is -1.02. The lowest BCUT2D eigenvalue weighted by atomic mass is 9.95. The van der Waals surface area contributed by atoms with Crippen LogP contribution in [0.15, 0.2) is 87.8 Å². The Labute approximate surface area is 268 Å². The van der Waals surface area contributed by atoms with E-state index in [1.54, 1.807) is 36.9 Å². The molecule has 1 amide bonds. The Balaban J connectivity index is 1.56. The van der Waals surface area contributed by atoms with Crippen molar-refractivity contribution in [2.75, 3.05) is 18.6 Å². The van der Waals surface area contributed by atoms with Gasteiger partial charge in [-0.3, -0.25) is 19.0 Å². The van der Waals surface area contributed by atoms with Gasteiger partial charge in [0.25, 0.3) is 11.5 Å². The normalized spacial score (nSPS) is 16.5. The van der Waals surface area contributed by atoms with Crippen LogP contribution in [0.3, 0.4) is 0 Å². The summed E-state index contributed by atoms with van der Waals surface area (Å²) >= 11 is 1.10. The SMILES string of the molecule is CCOC(=O)C1=C(C)N=c2s/c(=C3\C(=O)N(Cc4ccc(C)cc4)c4ccccc43)c(=O)n2[C@@H]1c1ccc(OC(C)=O)c(OC)c1. The minimum atomic E-state index is -0.958. The number of benzene rings is 3. The first-order valence-corrected chi connectivity index (χ1v) is 15.5. The number of esters is 2. The number of hydrogen-bond acceptors (Lipinski definition) is 9. The molecule has 11 heteroatoms. The molecule has 0 saturated heterocycles. The molecule has 2 aliphatic heterocycles. The number of carbonyl (C=O) groups is 3. The summed E-state index contributed by atoms with van der Waals surface area (Å²) in [6, 6.07) is 19.2. The Morgan fingerprint density at radius 3 is 2.41 bits per heavy atom. The van der Waals surface area contributed by atoms with Crippen molar-refractivity contribution in [1.82, 2.24) is 4.57 Å². The number of fused-ring (bicyclic) bond motifs is 2. The fourth-order valence-electron chi connectivity index (χ4n) is 5.78. The number of aromatic nitrogens is 1. The van der Waals surface area contributed by atoms with E-state index in [1.807, 2.05) is 55.5 Å². The summed E-state index contributed by atoms with van der Waals surface area (Å²) in [5, 5.41) is 0. The van der Waals surface area contributed by atoms with E-state index in [9.17, 15) is 19.2 Å². The van der Waals surface area contributed by atoms with Crippen molar-refractivity contribution in [3.05, 3.63) is 120 Å². The summed E-state index contributed by atoms with van der Waals surface area (Å²) in [7, 11) is 1.43. The quantitative estimate of drug-likeness (QED) is 0.223. The van der Waals surface area contributed by atoms with Crippen LogP contribution in [-0.2, 0) is 25.7 Å². The second kappa shape index (κ2) is 12.2. The summed E-state index contributed by atoms with van der Waals surface area (Å²) in [6.07, 6.45) is 0. The van der Waals surface area contributed by atoms with Gasteiger partial charge in [-0.2, -0.15) is 0 Å². The second-order valence-electron chi connectivity index (χ2n) is 10.9. The van der Waals surface area contributed by atoms with Gasteiger partial charge in [-0.25, -0.2) is 9.79 Å². The number of thiazole rings is 1. The molecule has 0 saturated carbocycles. The van der Waals surface area contributed by atoms with E-state index in [0.29, 0.717) is 33.9 Å². The van der Waals surface area contributed by atoms with Gasteiger partial charge >= 0.3 is 11.9 Å². The van der Waals surface area contributed by atoms with Crippen molar-refractivity contribution >= 4 is 40.4 Å². The molecule has 0 fully saturated rings. The summed E-state index contributed by atoms with van der Waals surface area (Å²) in [5.41, 5.74) is 4.29. The van der Waals surface area contributed by atoms with Crippen LogP contribution in [0.4, 0.5) is 5.69 Å². The molecule has 0 N–H and O–H groups in total. The van der Waals surface area contributed by atoms with E-state index in [1.165, 1.54) is 18.6 Å². The molecule has 6 rings (SSSR count). The standard InChI is InChI=1S/C35H31N3O7S/c1-6-44-34(42)28-20(3)36-35-38(30(28)23-15-16-26(45-21(4)39)27(17-23)43-5)33(41)31(46-35)29-24-9-7-8-10-25(24)37(32(29)40)18-22-13-11-19(2)12-14-22/h7-17,30H,6,18H2,1-5H3/b31-29-/t30-/m1/s1. The van der Waals surface area contributed by atoms with Gasteiger partial charge in [0.05, 0.1) is 48.8 Å². The molecule has 234 valence electrons. The minimum absolute atomic E-state index is 0.119. The number of ether oxygens (including phenoxy) is 3. The van der Waals surface area contributed by atoms with E-state index >= 15 is 0 Å². The zero-order valence-electron chi connectivity index (χ0n) is 26.0. The van der Waals surface area contributed by atoms with Gasteiger partial charge in [0.15, 0.2) is 16.3 Å². The highest BCUT2D eigenvalue weighted by atomic mass is 32.1. The first kappa shape index (κ1) is 30.7. The maximum absolute atomic E-state index is 14.5. The first-order valence-electron chi connectivity index (χ1n) is 14.7. The molecule has 4 aromatic rings. The van der Waals surface area contributed by atoms with Crippen LogP contribution in [0, 0.1) is 6.92 Å². The molecule has 2 aliphatic rings. The number of hydrogen-bond donors (Lipinski definition) is 0. The summed E-state index contributed by atoms with van der Waals surface area (Å²) in [4.78, 5) is 60.4. The topological polar surface area (TPSA) is 117 Å². The molecule has 0 bridgehead atoms. The highest BCUT2D eigenvalue weighted by Crippen LogP contribution is 2.38.